The lowest BCUT2D eigenvalue weighted by Gasteiger charge is -2.17. The van der Waals surface area contributed by atoms with E-state index in [1.807, 2.05) is 0 Å². The van der Waals surface area contributed by atoms with Gasteiger partial charge in [-0.25, -0.2) is 4.79 Å². The number of carbonyl (C=O) groups is 3. The molecule has 0 aromatic heterocycles. The Bertz CT molecular complexity index is 319. The van der Waals surface area contributed by atoms with Gasteiger partial charge < -0.3 is 15.1 Å². The predicted octanol–water partition coefficient (Wildman–Crippen LogP) is -0.688. The number of thioether (sulfide) groups is 1. The highest BCUT2D eigenvalue weighted by atomic mass is 32.2. The lowest BCUT2D eigenvalue weighted by molar-refractivity contribution is -0.148. The first-order valence-corrected chi connectivity index (χ1v) is 5.64. The maximum Gasteiger partial charge on any atom is 0.334 e. The summed E-state index contributed by atoms with van der Waals surface area (Å²) in [7, 11) is 0. The van der Waals surface area contributed by atoms with E-state index in [0.29, 0.717) is 6.54 Å². The molecule has 1 saturated heterocycles. The van der Waals surface area contributed by atoms with Crippen LogP contribution in [0.25, 0.3) is 0 Å². The van der Waals surface area contributed by atoms with Crippen LogP contribution in [0.1, 0.15) is 13.3 Å². The third-order valence-electron chi connectivity index (χ3n) is 2.19. The van der Waals surface area contributed by atoms with Crippen LogP contribution in [0.2, 0.25) is 0 Å². The zero-order valence-corrected chi connectivity index (χ0v) is 9.57. The van der Waals surface area contributed by atoms with Crippen LogP contribution in [0.15, 0.2) is 0 Å². The Morgan fingerprint density at radius 1 is 1.62 bits per heavy atom. The molecule has 0 aromatic carbocycles. The summed E-state index contributed by atoms with van der Waals surface area (Å²) in [6.07, 6.45) is -1.35. The van der Waals surface area contributed by atoms with Crippen molar-refractivity contribution in [3.8, 4) is 0 Å². The van der Waals surface area contributed by atoms with Crippen molar-refractivity contribution in [2.45, 2.75) is 24.7 Å². The van der Waals surface area contributed by atoms with Gasteiger partial charge in [0.2, 0.25) is 5.91 Å². The Labute approximate surface area is 96.6 Å². The molecule has 1 heterocycles. The number of amides is 1. The van der Waals surface area contributed by atoms with Gasteiger partial charge in [-0.1, -0.05) is 11.8 Å². The van der Waals surface area contributed by atoms with Crippen LogP contribution in [0.4, 0.5) is 0 Å². The molecule has 16 heavy (non-hydrogen) atoms. The zero-order chi connectivity index (χ0) is 12.3. The quantitative estimate of drug-likeness (QED) is 0.683. The van der Waals surface area contributed by atoms with Gasteiger partial charge in [0.1, 0.15) is 0 Å². The molecule has 1 aliphatic rings. The van der Waals surface area contributed by atoms with Gasteiger partial charge in [-0.15, -0.1) is 0 Å². The molecule has 1 rings (SSSR count). The molecule has 1 aliphatic heterocycles. The molecule has 2 unspecified atom stereocenters. The van der Waals surface area contributed by atoms with Gasteiger partial charge in [-0.2, -0.15) is 0 Å². The summed E-state index contributed by atoms with van der Waals surface area (Å²) in [6.45, 7) is 1.51. The smallest absolute Gasteiger partial charge is 0.334 e. The molecule has 0 aromatic rings. The van der Waals surface area contributed by atoms with Gasteiger partial charge in [0.15, 0.2) is 11.2 Å². The van der Waals surface area contributed by atoms with E-state index in [0.717, 1.165) is 11.8 Å². The molecule has 90 valence electrons. The molecule has 0 radical (unpaired) electrons. The Morgan fingerprint density at radius 3 is 2.75 bits per heavy atom. The molecule has 2 atom stereocenters. The van der Waals surface area contributed by atoms with Crippen molar-refractivity contribution in [1.82, 2.24) is 4.90 Å². The van der Waals surface area contributed by atoms with E-state index < -0.39 is 12.1 Å². The molecule has 1 fully saturated rings. The SMILES string of the molecule is CC(=O)SC1CC(=O)N(CC(O)C(=O)O)C1. The number of β-amino-alcohol motifs (C(OH)–C–C–N with tert-alkyl or cyclic N) is 1. The fraction of sp³-hybridized carbons (Fsp3) is 0.667. The van der Waals surface area contributed by atoms with Gasteiger partial charge in [0, 0.05) is 25.1 Å². The fourth-order valence-electron chi connectivity index (χ4n) is 1.51. The van der Waals surface area contributed by atoms with E-state index in [4.69, 9.17) is 10.2 Å². The van der Waals surface area contributed by atoms with Gasteiger partial charge >= 0.3 is 5.97 Å². The van der Waals surface area contributed by atoms with Crippen molar-refractivity contribution in [3.05, 3.63) is 0 Å². The number of hydrogen-bond donors (Lipinski definition) is 2. The Morgan fingerprint density at radius 2 is 2.25 bits per heavy atom. The largest absolute Gasteiger partial charge is 0.479 e. The molecular weight excluding hydrogens is 234 g/mol. The molecule has 0 saturated carbocycles. The van der Waals surface area contributed by atoms with Crippen LogP contribution in [0.3, 0.4) is 0 Å². The van der Waals surface area contributed by atoms with Crippen LogP contribution in [-0.2, 0) is 14.4 Å². The highest BCUT2D eigenvalue weighted by molar-refractivity contribution is 8.14. The second-order valence-electron chi connectivity index (χ2n) is 3.59. The first kappa shape index (κ1) is 13.0. The molecule has 6 nitrogen and oxygen atoms in total. The normalized spacial score (nSPS) is 22.2. The number of nitrogens with zero attached hydrogens (tertiary/aromatic N) is 1. The first-order chi connectivity index (χ1) is 7.40. The molecule has 0 aliphatic carbocycles. The highest BCUT2D eigenvalue weighted by Crippen LogP contribution is 2.24. The van der Waals surface area contributed by atoms with Crippen LogP contribution < -0.4 is 0 Å². The standard InChI is InChI=1S/C9H13NO5S/c1-5(11)16-6-2-8(13)10(3-6)4-7(12)9(14)15/h6-7,12H,2-4H2,1H3,(H,14,15). The molecule has 1 amide bonds. The molecule has 0 bridgehead atoms. The third-order valence-corrected chi connectivity index (χ3v) is 3.17. The van der Waals surface area contributed by atoms with E-state index >= 15 is 0 Å². The van der Waals surface area contributed by atoms with Crippen LogP contribution >= 0.6 is 11.8 Å². The summed E-state index contributed by atoms with van der Waals surface area (Å²) < 4.78 is 0. The molecule has 7 heteroatoms. The average molecular weight is 247 g/mol. The number of hydrogen-bond acceptors (Lipinski definition) is 5. The number of aliphatic hydroxyl groups is 1. The number of carboxylic acid groups (broad SMARTS) is 1. The summed E-state index contributed by atoms with van der Waals surface area (Å²) in [5.74, 6) is -1.57. The van der Waals surface area contributed by atoms with Crippen molar-refractivity contribution in [2.75, 3.05) is 13.1 Å². The number of aliphatic carboxylic acids is 1. The minimum absolute atomic E-state index is 0.0709. The van der Waals surface area contributed by atoms with Crippen molar-refractivity contribution < 1.29 is 24.6 Å². The lowest BCUT2D eigenvalue weighted by atomic mass is 10.3. The van der Waals surface area contributed by atoms with Crippen LogP contribution in [0, 0.1) is 0 Å². The zero-order valence-electron chi connectivity index (χ0n) is 8.75. The van der Waals surface area contributed by atoms with Crippen molar-refractivity contribution >= 4 is 28.8 Å². The highest BCUT2D eigenvalue weighted by Gasteiger charge is 2.33. The molecule has 2 N–H and O–H groups in total. The van der Waals surface area contributed by atoms with Gasteiger partial charge in [-0.3, -0.25) is 9.59 Å². The number of aliphatic hydroxyl groups excluding tert-OH is 1. The van der Waals surface area contributed by atoms with E-state index in [1.54, 1.807) is 0 Å². The topological polar surface area (TPSA) is 94.9 Å². The number of carbonyl (C=O) groups excluding carboxylic acids is 2. The Hall–Kier alpha value is -1.08. The summed E-state index contributed by atoms with van der Waals surface area (Å²) >= 11 is 1.07. The van der Waals surface area contributed by atoms with E-state index in [-0.39, 0.29) is 29.2 Å². The summed E-state index contributed by atoms with van der Waals surface area (Å²) in [6, 6.07) is 0. The van der Waals surface area contributed by atoms with Crippen molar-refractivity contribution in [3.63, 3.8) is 0 Å². The van der Waals surface area contributed by atoms with Gasteiger partial charge in [-0.05, 0) is 0 Å². The van der Waals surface area contributed by atoms with E-state index in [9.17, 15) is 14.4 Å². The average Bonchev–Trinajstić information content (AvgIpc) is 2.45. The second kappa shape index (κ2) is 5.31. The lowest BCUT2D eigenvalue weighted by Crippen LogP contribution is -2.37. The monoisotopic (exact) mass is 247 g/mol. The fourth-order valence-corrected chi connectivity index (χ4v) is 2.46. The minimum Gasteiger partial charge on any atom is -0.479 e. The number of rotatable bonds is 4. The Balaban J connectivity index is 2.48. The maximum atomic E-state index is 11.4. The summed E-state index contributed by atoms with van der Waals surface area (Å²) in [4.78, 5) is 33.9. The van der Waals surface area contributed by atoms with Gasteiger partial charge in [0.25, 0.3) is 0 Å². The van der Waals surface area contributed by atoms with Crippen molar-refractivity contribution in [1.29, 1.82) is 0 Å². The number of carboxylic acids is 1. The second-order valence-corrected chi connectivity index (χ2v) is 5.07. The summed E-state index contributed by atoms with van der Waals surface area (Å²) in [5.41, 5.74) is 0. The maximum absolute atomic E-state index is 11.4. The first-order valence-electron chi connectivity index (χ1n) is 4.76. The molecular formula is C9H13NO5S. The van der Waals surface area contributed by atoms with Gasteiger partial charge in [0.05, 0.1) is 6.54 Å². The van der Waals surface area contributed by atoms with Crippen LogP contribution in [0.5, 0.6) is 0 Å². The van der Waals surface area contributed by atoms with E-state index in [2.05, 4.69) is 0 Å². The minimum atomic E-state index is -1.56. The predicted molar refractivity (Wildman–Crippen MR) is 56.9 cm³/mol. The number of likely N-dealkylation sites (tertiary alicyclic amines) is 1. The Kier molecular flexibility index (Phi) is 4.31. The van der Waals surface area contributed by atoms with Crippen LogP contribution in [-0.4, -0.2) is 56.5 Å². The third kappa shape index (κ3) is 3.49. The van der Waals surface area contributed by atoms with Crippen molar-refractivity contribution in [2.24, 2.45) is 0 Å². The molecule has 0 spiro atoms. The summed E-state index contributed by atoms with van der Waals surface area (Å²) in [5, 5.41) is 17.4. The van der Waals surface area contributed by atoms with E-state index in [1.165, 1.54) is 11.8 Å².